The molecule has 2 saturated heterocycles. The van der Waals surface area contributed by atoms with Crippen LogP contribution in [0.15, 0.2) is 11.6 Å². The maximum Gasteiger partial charge on any atom is 0.334 e. The number of cyclic esters (lactones) is 1. The molecule has 0 unspecified atom stereocenters. The van der Waals surface area contributed by atoms with Gasteiger partial charge in [0.1, 0.15) is 6.10 Å². The summed E-state index contributed by atoms with van der Waals surface area (Å²) in [5.74, 6) is -0.281. The molecule has 3 aliphatic heterocycles. The van der Waals surface area contributed by atoms with Gasteiger partial charge in [0.2, 0.25) is 0 Å². The van der Waals surface area contributed by atoms with Crippen LogP contribution >= 0.6 is 0 Å². The van der Waals surface area contributed by atoms with Crippen LogP contribution in [-0.2, 0) is 19.0 Å². The van der Waals surface area contributed by atoms with Crippen molar-refractivity contribution < 1.29 is 34.3 Å². The van der Waals surface area contributed by atoms with Crippen molar-refractivity contribution in [3.05, 3.63) is 11.6 Å². The molecular weight excluding hydrogens is 556 g/mol. The third-order valence-corrected chi connectivity index (χ3v) is 10.0. The van der Waals surface area contributed by atoms with Crippen LogP contribution in [0.2, 0.25) is 0 Å². The molecule has 0 aliphatic carbocycles. The van der Waals surface area contributed by atoms with Crippen LogP contribution in [0.3, 0.4) is 0 Å². The Kier molecular flexibility index (Phi) is 18.5. The van der Waals surface area contributed by atoms with Crippen molar-refractivity contribution in [3.8, 4) is 0 Å². The summed E-state index contributed by atoms with van der Waals surface area (Å²) < 4.78 is 17.7. The average Bonchev–Trinajstić information content (AvgIpc) is 3.75. The molecule has 7 nitrogen and oxygen atoms in total. The Morgan fingerprint density at radius 3 is 1.52 bits per heavy atom. The van der Waals surface area contributed by atoms with Crippen molar-refractivity contribution >= 4 is 5.97 Å². The highest BCUT2D eigenvalue weighted by Crippen LogP contribution is 2.34. The molecule has 0 radical (unpaired) electrons. The second-order valence-corrected chi connectivity index (χ2v) is 14.0. The zero-order valence-electron chi connectivity index (χ0n) is 28.1. The average molecular weight is 623 g/mol. The van der Waals surface area contributed by atoms with Gasteiger partial charge in [-0.2, -0.15) is 0 Å². The highest BCUT2D eigenvalue weighted by molar-refractivity contribution is 5.90. The molecule has 3 rings (SSSR count). The maximum atomic E-state index is 11.7. The van der Waals surface area contributed by atoms with Gasteiger partial charge < -0.3 is 29.5 Å². The lowest BCUT2D eigenvalue weighted by Crippen LogP contribution is -2.33. The van der Waals surface area contributed by atoms with Crippen LogP contribution in [0, 0.1) is 0 Å². The number of ether oxygens (including phenoxy) is 3. The lowest BCUT2D eigenvalue weighted by atomic mass is 10.00. The number of rotatable bonds is 25. The fourth-order valence-corrected chi connectivity index (χ4v) is 7.28. The first-order valence-corrected chi connectivity index (χ1v) is 18.6. The number of unbranched alkanes of at least 4 members (excludes halogenated alkanes) is 14. The minimum absolute atomic E-state index is 0.0519. The van der Waals surface area contributed by atoms with Gasteiger partial charge in [-0.05, 0) is 57.9 Å². The first-order valence-electron chi connectivity index (χ1n) is 18.6. The third kappa shape index (κ3) is 14.2. The van der Waals surface area contributed by atoms with E-state index in [0.717, 1.165) is 77.0 Å². The number of hydrogen-bond acceptors (Lipinski definition) is 7. The topological polar surface area (TPSA) is 105 Å². The number of carbonyl (C=O) groups is 1. The van der Waals surface area contributed by atoms with Crippen molar-refractivity contribution in [1.82, 2.24) is 0 Å². The van der Waals surface area contributed by atoms with Crippen LogP contribution in [0.4, 0.5) is 0 Å². The zero-order chi connectivity index (χ0) is 31.6. The van der Waals surface area contributed by atoms with Gasteiger partial charge in [-0.1, -0.05) is 110 Å². The predicted octanol–water partition coefficient (Wildman–Crippen LogP) is 7.86. The van der Waals surface area contributed by atoms with Crippen LogP contribution in [0.5, 0.6) is 0 Å². The normalized spacial score (nSPS) is 27.4. The summed E-state index contributed by atoms with van der Waals surface area (Å²) in [7, 11) is 0. The molecule has 0 aromatic carbocycles. The SMILES string of the molecule is CCCCCCCCCC[C@@H](O)[C@@H]1CC[C@@H]([C@@H]2CC[C@@H]([C@@H](O)CCCCCCCCCC[C@H](O)CC3=C[C@@H](C)OC3=O)O2)O1. The van der Waals surface area contributed by atoms with Gasteiger partial charge in [0, 0.05) is 12.0 Å². The van der Waals surface area contributed by atoms with Crippen molar-refractivity contribution in [2.24, 2.45) is 0 Å². The van der Waals surface area contributed by atoms with E-state index in [4.69, 9.17) is 14.2 Å². The Hall–Kier alpha value is -0.990. The Morgan fingerprint density at radius 2 is 1.09 bits per heavy atom. The molecule has 0 aromatic heterocycles. The summed E-state index contributed by atoms with van der Waals surface area (Å²) in [6.07, 6.45) is 26.1. The summed E-state index contributed by atoms with van der Waals surface area (Å²) in [6, 6.07) is 0. The molecule has 44 heavy (non-hydrogen) atoms. The summed E-state index contributed by atoms with van der Waals surface area (Å²) in [4.78, 5) is 11.7. The number of hydrogen-bond donors (Lipinski definition) is 3. The molecule has 0 amide bonds. The van der Waals surface area contributed by atoms with E-state index in [0.29, 0.717) is 12.0 Å². The molecule has 8 atom stereocenters. The molecule has 256 valence electrons. The Balaban J connectivity index is 1.13. The Morgan fingerprint density at radius 1 is 0.659 bits per heavy atom. The molecule has 3 heterocycles. The Labute approximate surface area is 268 Å². The second-order valence-electron chi connectivity index (χ2n) is 14.0. The maximum absolute atomic E-state index is 11.7. The summed E-state index contributed by atoms with van der Waals surface area (Å²) in [6.45, 7) is 4.09. The second kappa shape index (κ2) is 21.7. The van der Waals surface area contributed by atoms with Gasteiger partial charge in [-0.15, -0.1) is 0 Å². The minimum Gasteiger partial charge on any atom is -0.455 e. The monoisotopic (exact) mass is 622 g/mol. The fraction of sp³-hybridized carbons (Fsp3) is 0.919. The summed E-state index contributed by atoms with van der Waals surface area (Å²) in [5, 5.41) is 31.6. The minimum atomic E-state index is -0.463. The molecule has 0 bridgehead atoms. The number of carbonyl (C=O) groups excluding carboxylic acids is 1. The van der Waals surface area contributed by atoms with Gasteiger partial charge in [0.25, 0.3) is 0 Å². The number of aliphatic hydroxyl groups excluding tert-OH is 3. The predicted molar refractivity (Wildman–Crippen MR) is 175 cm³/mol. The molecular formula is C37H66O7. The van der Waals surface area contributed by atoms with E-state index in [1.54, 1.807) is 0 Å². The van der Waals surface area contributed by atoms with Crippen molar-refractivity contribution in [2.75, 3.05) is 0 Å². The summed E-state index contributed by atoms with van der Waals surface area (Å²) >= 11 is 0. The van der Waals surface area contributed by atoms with Crippen LogP contribution in [0.1, 0.15) is 168 Å². The van der Waals surface area contributed by atoms with E-state index < -0.39 is 12.2 Å². The molecule has 3 aliphatic rings. The van der Waals surface area contributed by atoms with Gasteiger partial charge >= 0.3 is 5.97 Å². The highest BCUT2D eigenvalue weighted by atomic mass is 16.6. The molecule has 0 saturated carbocycles. The van der Waals surface area contributed by atoms with E-state index >= 15 is 0 Å². The molecule has 0 spiro atoms. The first-order chi connectivity index (χ1) is 21.4. The lowest BCUT2D eigenvalue weighted by Gasteiger charge is -2.24. The van der Waals surface area contributed by atoms with Gasteiger partial charge in [0.15, 0.2) is 0 Å². The van der Waals surface area contributed by atoms with Gasteiger partial charge in [0.05, 0.1) is 42.7 Å². The van der Waals surface area contributed by atoms with Crippen LogP contribution < -0.4 is 0 Å². The van der Waals surface area contributed by atoms with Gasteiger partial charge in [-0.25, -0.2) is 4.79 Å². The standard InChI is InChI=1S/C37H66O7/c1-3-4-5-6-7-11-14-17-20-31(39)33-22-24-35(43-33)36-25-23-34(44-36)32(40)21-18-15-12-9-8-10-13-16-19-30(38)27-29-26-28(2)42-37(29)41/h26,28,30-36,38-40H,3-25,27H2,1-2H3/t28-,30+,31-,32+,33+,34+,35+,36+/m1/s1. The van der Waals surface area contributed by atoms with Gasteiger partial charge in [-0.3, -0.25) is 0 Å². The molecule has 7 heteroatoms. The van der Waals surface area contributed by atoms with Crippen LogP contribution in [-0.4, -0.2) is 70.1 Å². The fourth-order valence-electron chi connectivity index (χ4n) is 7.28. The number of aliphatic hydroxyl groups is 3. The van der Waals surface area contributed by atoms with Crippen LogP contribution in [0.25, 0.3) is 0 Å². The third-order valence-electron chi connectivity index (χ3n) is 10.0. The van der Waals surface area contributed by atoms with E-state index in [-0.39, 0.29) is 42.6 Å². The van der Waals surface area contributed by atoms with E-state index in [1.165, 1.54) is 70.6 Å². The Bertz CT molecular complexity index is 801. The van der Waals surface area contributed by atoms with E-state index in [1.807, 2.05) is 13.0 Å². The van der Waals surface area contributed by atoms with E-state index in [2.05, 4.69) is 6.92 Å². The smallest absolute Gasteiger partial charge is 0.334 e. The highest BCUT2D eigenvalue weighted by Gasteiger charge is 2.40. The zero-order valence-corrected chi connectivity index (χ0v) is 28.1. The van der Waals surface area contributed by atoms with Crippen molar-refractivity contribution in [1.29, 1.82) is 0 Å². The summed E-state index contributed by atoms with van der Waals surface area (Å²) in [5.41, 5.74) is 0.617. The lowest BCUT2D eigenvalue weighted by molar-refractivity contribution is -0.139. The van der Waals surface area contributed by atoms with Crippen molar-refractivity contribution in [3.63, 3.8) is 0 Å². The quantitative estimate of drug-likeness (QED) is 0.0703. The first kappa shape index (κ1) is 37.5. The molecule has 0 aromatic rings. The largest absolute Gasteiger partial charge is 0.455 e. The van der Waals surface area contributed by atoms with Crippen molar-refractivity contribution in [2.45, 2.75) is 217 Å². The van der Waals surface area contributed by atoms with E-state index in [9.17, 15) is 20.1 Å². The molecule has 3 N–H and O–H groups in total. The molecule has 2 fully saturated rings. The number of esters is 1.